The summed E-state index contributed by atoms with van der Waals surface area (Å²) in [4.78, 5) is 26.0. The number of rotatable bonds is 6. The predicted molar refractivity (Wildman–Crippen MR) is 87.1 cm³/mol. The second-order valence-electron chi connectivity index (χ2n) is 6.46. The molecule has 6 nitrogen and oxygen atoms in total. The number of carboxylic acid groups (broad SMARTS) is 1. The van der Waals surface area contributed by atoms with Gasteiger partial charge in [-0.1, -0.05) is 6.42 Å². The minimum absolute atomic E-state index is 0.100. The molecule has 1 aromatic carbocycles. The van der Waals surface area contributed by atoms with Crippen molar-refractivity contribution in [2.75, 3.05) is 26.9 Å². The maximum absolute atomic E-state index is 12.8. The largest absolute Gasteiger partial charge is 0.491 e. The summed E-state index contributed by atoms with van der Waals surface area (Å²) in [5.74, 6) is -0.0102. The van der Waals surface area contributed by atoms with Crippen LogP contribution in [-0.4, -0.2) is 54.8 Å². The summed E-state index contributed by atoms with van der Waals surface area (Å²) in [6, 6.07) is 6.16. The van der Waals surface area contributed by atoms with Crippen LogP contribution < -0.4 is 4.74 Å². The molecule has 0 spiro atoms. The standard InChI is InChI=1S/C18H23NO5/c1-23-9-10-24-14-7-5-12(6-8-14)17(20)19-11-13-3-2-4-15(13)16(19)18(21)22/h5-8,13,15-16H,2-4,9-11H2,1H3,(H,21,22). The molecule has 6 heteroatoms. The first-order valence-corrected chi connectivity index (χ1v) is 8.37. The number of fused-ring (bicyclic) bond motifs is 1. The highest BCUT2D eigenvalue weighted by atomic mass is 16.5. The van der Waals surface area contributed by atoms with Gasteiger partial charge in [0.15, 0.2) is 0 Å². The van der Waals surface area contributed by atoms with Gasteiger partial charge in [0, 0.05) is 19.2 Å². The monoisotopic (exact) mass is 333 g/mol. The van der Waals surface area contributed by atoms with E-state index < -0.39 is 12.0 Å². The quantitative estimate of drug-likeness (QED) is 0.806. The topological polar surface area (TPSA) is 76.1 Å². The van der Waals surface area contributed by atoms with E-state index in [1.165, 1.54) is 4.90 Å². The van der Waals surface area contributed by atoms with Gasteiger partial charge in [0.05, 0.1) is 6.61 Å². The van der Waals surface area contributed by atoms with Gasteiger partial charge >= 0.3 is 5.97 Å². The molecule has 1 amide bonds. The molecular weight excluding hydrogens is 310 g/mol. The Bertz CT molecular complexity index is 600. The average molecular weight is 333 g/mol. The number of ether oxygens (including phenoxy) is 2. The Kier molecular flexibility index (Phi) is 5.04. The van der Waals surface area contributed by atoms with Gasteiger partial charge in [-0.05, 0) is 48.9 Å². The van der Waals surface area contributed by atoms with Crippen molar-refractivity contribution >= 4 is 11.9 Å². The van der Waals surface area contributed by atoms with Crippen molar-refractivity contribution in [3.05, 3.63) is 29.8 Å². The summed E-state index contributed by atoms with van der Waals surface area (Å²) in [5, 5.41) is 9.57. The molecule has 2 aliphatic rings. The number of hydrogen-bond donors (Lipinski definition) is 1. The summed E-state index contributed by atoms with van der Waals surface area (Å²) >= 11 is 0. The van der Waals surface area contributed by atoms with Gasteiger partial charge in [0.2, 0.25) is 0 Å². The summed E-state index contributed by atoms with van der Waals surface area (Å²) in [7, 11) is 1.61. The first-order chi connectivity index (χ1) is 11.6. The van der Waals surface area contributed by atoms with Crippen molar-refractivity contribution in [2.24, 2.45) is 11.8 Å². The molecule has 0 bridgehead atoms. The molecule has 1 saturated carbocycles. The first kappa shape index (κ1) is 16.8. The minimum Gasteiger partial charge on any atom is -0.491 e. The average Bonchev–Trinajstić information content (AvgIpc) is 3.15. The maximum Gasteiger partial charge on any atom is 0.326 e. The Hall–Kier alpha value is -2.08. The molecule has 1 heterocycles. The lowest BCUT2D eigenvalue weighted by atomic mass is 9.94. The van der Waals surface area contributed by atoms with Gasteiger partial charge in [-0.25, -0.2) is 4.79 Å². The third kappa shape index (κ3) is 3.24. The fourth-order valence-electron chi connectivity index (χ4n) is 3.93. The molecule has 3 atom stereocenters. The van der Waals surface area contributed by atoms with Gasteiger partial charge in [-0.15, -0.1) is 0 Å². The molecule has 1 aromatic rings. The molecule has 1 aliphatic heterocycles. The van der Waals surface area contributed by atoms with Crippen LogP contribution in [0, 0.1) is 11.8 Å². The van der Waals surface area contributed by atoms with E-state index in [2.05, 4.69) is 0 Å². The fourth-order valence-corrected chi connectivity index (χ4v) is 3.93. The zero-order chi connectivity index (χ0) is 17.1. The number of carbonyl (C=O) groups excluding carboxylic acids is 1. The highest BCUT2D eigenvalue weighted by Gasteiger charge is 2.49. The molecular formula is C18H23NO5. The molecule has 1 N–H and O–H groups in total. The Morgan fingerprint density at radius 1 is 1.21 bits per heavy atom. The molecule has 0 aromatic heterocycles. The van der Waals surface area contributed by atoms with E-state index in [9.17, 15) is 14.7 Å². The van der Waals surface area contributed by atoms with Crippen molar-refractivity contribution in [2.45, 2.75) is 25.3 Å². The molecule has 1 aliphatic carbocycles. The number of aliphatic carboxylic acids is 1. The lowest BCUT2D eigenvalue weighted by molar-refractivity contribution is -0.142. The van der Waals surface area contributed by atoms with E-state index in [0.717, 1.165) is 19.3 Å². The van der Waals surface area contributed by atoms with E-state index in [1.807, 2.05) is 0 Å². The van der Waals surface area contributed by atoms with Crippen LogP contribution in [0.15, 0.2) is 24.3 Å². The normalized spacial score (nSPS) is 25.5. The molecule has 3 rings (SSSR count). The molecule has 1 saturated heterocycles. The molecule has 2 fully saturated rings. The second-order valence-corrected chi connectivity index (χ2v) is 6.46. The van der Waals surface area contributed by atoms with Crippen LogP contribution in [0.2, 0.25) is 0 Å². The van der Waals surface area contributed by atoms with Crippen molar-refractivity contribution in [1.29, 1.82) is 0 Å². The highest BCUT2D eigenvalue weighted by molar-refractivity contribution is 5.97. The van der Waals surface area contributed by atoms with Crippen molar-refractivity contribution < 1.29 is 24.2 Å². The van der Waals surface area contributed by atoms with Gasteiger partial charge < -0.3 is 19.5 Å². The molecule has 0 radical (unpaired) electrons. The summed E-state index contributed by atoms with van der Waals surface area (Å²) in [6.45, 7) is 1.49. The van der Waals surface area contributed by atoms with E-state index in [0.29, 0.717) is 37.0 Å². The van der Waals surface area contributed by atoms with Crippen LogP contribution in [0.25, 0.3) is 0 Å². The number of nitrogens with zero attached hydrogens (tertiary/aromatic N) is 1. The SMILES string of the molecule is COCCOc1ccc(C(=O)N2CC3CCCC3C2C(=O)O)cc1. The second kappa shape index (κ2) is 7.21. The number of carboxylic acids is 1. The van der Waals surface area contributed by atoms with E-state index in [1.54, 1.807) is 31.4 Å². The van der Waals surface area contributed by atoms with Gasteiger partial charge in [-0.3, -0.25) is 4.79 Å². The number of likely N-dealkylation sites (tertiary alicyclic amines) is 1. The smallest absolute Gasteiger partial charge is 0.326 e. The third-order valence-corrected chi connectivity index (χ3v) is 5.06. The number of benzene rings is 1. The van der Waals surface area contributed by atoms with Gasteiger partial charge in [-0.2, -0.15) is 0 Å². The van der Waals surface area contributed by atoms with Crippen LogP contribution in [0.1, 0.15) is 29.6 Å². The fraction of sp³-hybridized carbons (Fsp3) is 0.556. The Labute approximate surface area is 141 Å². The van der Waals surface area contributed by atoms with Crippen LogP contribution >= 0.6 is 0 Å². The number of hydrogen-bond acceptors (Lipinski definition) is 4. The van der Waals surface area contributed by atoms with Crippen LogP contribution in [0.5, 0.6) is 5.75 Å². The van der Waals surface area contributed by atoms with Crippen LogP contribution in [0.3, 0.4) is 0 Å². The maximum atomic E-state index is 12.8. The number of methoxy groups -OCH3 is 1. The lowest BCUT2D eigenvalue weighted by Gasteiger charge is -2.24. The zero-order valence-corrected chi connectivity index (χ0v) is 13.8. The minimum atomic E-state index is -0.891. The third-order valence-electron chi connectivity index (χ3n) is 5.06. The predicted octanol–water partition coefficient (Wildman–Crippen LogP) is 2.04. The Balaban J connectivity index is 1.70. The Morgan fingerprint density at radius 2 is 1.96 bits per heavy atom. The molecule has 130 valence electrons. The van der Waals surface area contributed by atoms with Crippen LogP contribution in [-0.2, 0) is 9.53 Å². The highest BCUT2D eigenvalue weighted by Crippen LogP contribution is 2.42. The van der Waals surface area contributed by atoms with E-state index in [-0.39, 0.29) is 11.8 Å². The summed E-state index contributed by atoms with van der Waals surface area (Å²) < 4.78 is 10.4. The molecule has 24 heavy (non-hydrogen) atoms. The van der Waals surface area contributed by atoms with Gasteiger partial charge in [0.1, 0.15) is 18.4 Å². The van der Waals surface area contributed by atoms with Crippen molar-refractivity contribution in [3.63, 3.8) is 0 Å². The van der Waals surface area contributed by atoms with E-state index >= 15 is 0 Å². The first-order valence-electron chi connectivity index (χ1n) is 8.37. The summed E-state index contributed by atoms with van der Waals surface area (Å²) in [5.41, 5.74) is 0.500. The number of amides is 1. The van der Waals surface area contributed by atoms with Crippen molar-refractivity contribution in [3.8, 4) is 5.75 Å². The zero-order valence-electron chi connectivity index (χ0n) is 13.8. The van der Waals surface area contributed by atoms with Gasteiger partial charge in [0.25, 0.3) is 5.91 Å². The molecule has 3 unspecified atom stereocenters. The van der Waals surface area contributed by atoms with Crippen LogP contribution in [0.4, 0.5) is 0 Å². The van der Waals surface area contributed by atoms with Crippen molar-refractivity contribution in [1.82, 2.24) is 4.90 Å². The number of carbonyl (C=O) groups is 2. The Morgan fingerprint density at radius 3 is 2.62 bits per heavy atom. The lowest BCUT2D eigenvalue weighted by Crippen LogP contribution is -2.43. The van der Waals surface area contributed by atoms with E-state index in [4.69, 9.17) is 9.47 Å². The summed E-state index contributed by atoms with van der Waals surface area (Å²) in [6.07, 6.45) is 2.98.